The standard InChI is InChI=1S/C12H21NO3/c1-11(2,7-10(15)16)6-9(14)13-8-5-12(8,3)4/h8H,5-7H2,1-4H3,(H,13,14)(H,15,16). The van der Waals surface area contributed by atoms with Gasteiger partial charge in [0.15, 0.2) is 0 Å². The Labute approximate surface area is 96.4 Å². The van der Waals surface area contributed by atoms with E-state index in [0.29, 0.717) is 0 Å². The van der Waals surface area contributed by atoms with Crippen LogP contribution < -0.4 is 5.32 Å². The Hall–Kier alpha value is -1.06. The van der Waals surface area contributed by atoms with Crippen molar-refractivity contribution in [2.75, 3.05) is 0 Å². The minimum Gasteiger partial charge on any atom is -0.481 e. The molecule has 1 amide bonds. The van der Waals surface area contributed by atoms with Crippen molar-refractivity contribution in [2.45, 2.75) is 53.0 Å². The molecule has 0 aromatic carbocycles. The molecule has 0 spiro atoms. The van der Waals surface area contributed by atoms with Crippen molar-refractivity contribution in [1.82, 2.24) is 5.32 Å². The molecule has 4 nitrogen and oxygen atoms in total. The zero-order valence-corrected chi connectivity index (χ0v) is 10.5. The number of carbonyl (C=O) groups excluding carboxylic acids is 1. The van der Waals surface area contributed by atoms with Gasteiger partial charge < -0.3 is 10.4 Å². The van der Waals surface area contributed by atoms with Gasteiger partial charge in [0.25, 0.3) is 0 Å². The van der Waals surface area contributed by atoms with Gasteiger partial charge in [0.2, 0.25) is 5.91 Å². The smallest absolute Gasteiger partial charge is 0.303 e. The highest BCUT2D eigenvalue weighted by atomic mass is 16.4. The summed E-state index contributed by atoms with van der Waals surface area (Å²) in [4.78, 5) is 22.3. The minimum atomic E-state index is -0.857. The van der Waals surface area contributed by atoms with Crippen molar-refractivity contribution in [3.8, 4) is 0 Å². The Kier molecular flexibility index (Phi) is 3.31. The van der Waals surface area contributed by atoms with Crippen molar-refractivity contribution in [3.63, 3.8) is 0 Å². The summed E-state index contributed by atoms with van der Waals surface area (Å²) in [5.74, 6) is -0.897. The van der Waals surface area contributed by atoms with Gasteiger partial charge in [0.1, 0.15) is 0 Å². The third-order valence-electron chi connectivity index (χ3n) is 3.12. The van der Waals surface area contributed by atoms with Gasteiger partial charge in [-0.2, -0.15) is 0 Å². The third-order valence-corrected chi connectivity index (χ3v) is 3.12. The number of hydrogen-bond acceptors (Lipinski definition) is 2. The van der Waals surface area contributed by atoms with E-state index in [0.717, 1.165) is 6.42 Å². The summed E-state index contributed by atoms with van der Waals surface area (Å²) in [5, 5.41) is 11.6. The SMILES string of the molecule is CC(C)(CC(=O)O)CC(=O)NC1CC1(C)C. The van der Waals surface area contributed by atoms with Gasteiger partial charge in [-0.25, -0.2) is 0 Å². The lowest BCUT2D eigenvalue weighted by atomic mass is 9.85. The summed E-state index contributed by atoms with van der Waals surface area (Å²) >= 11 is 0. The second-order valence-corrected chi connectivity index (χ2v) is 6.22. The van der Waals surface area contributed by atoms with Gasteiger partial charge in [-0.3, -0.25) is 9.59 Å². The molecule has 0 aromatic rings. The lowest BCUT2D eigenvalue weighted by Crippen LogP contribution is -2.33. The van der Waals surface area contributed by atoms with E-state index in [-0.39, 0.29) is 30.2 Å². The molecule has 1 atom stereocenters. The molecule has 0 bridgehead atoms. The highest BCUT2D eigenvalue weighted by Crippen LogP contribution is 2.44. The molecule has 1 aliphatic carbocycles. The van der Waals surface area contributed by atoms with Crippen LogP contribution in [0.4, 0.5) is 0 Å². The zero-order chi connectivity index (χ0) is 12.6. The first-order chi connectivity index (χ1) is 7.12. The first-order valence-corrected chi connectivity index (χ1v) is 5.64. The largest absolute Gasteiger partial charge is 0.481 e. The number of hydrogen-bond donors (Lipinski definition) is 2. The number of rotatable bonds is 5. The van der Waals surface area contributed by atoms with Gasteiger partial charge in [-0.15, -0.1) is 0 Å². The van der Waals surface area contributed by atoms with Crippen LogP contribution in [0.2, 0.25) is 0 Å². The average Bonchev–Trinajstić information content (AvgIpc) is 2.51. The van der Waals surface area contributed by atoms with Crippen LogP contribution in [-0.2, 0) is 9.59 Å². The Balaban J connectivity index is 2.36. The Morgan fingerprint density at radius 2 is 1.88 bits per heavy atom. The molecule has 0 aliphatic heterocycles. The number of carboxylic acids is 1. The molecule has 0 saturated heterocycles. The second kappa shape index (κ2) is 4.07. The van der Waals surface area contributed by atoms with Crippen LogP contribution in [0, 0.1) is 10.8 Å². The summed E-state index contributed by atoms with van der Waals surface area (Å²) in [6, 6.07) is 0.264. The van der Waals surface area contributed by atoms with E-state index < -0.39 is 11.4 Å². The van der Waals surface area contributed by atoms with Crippen LogP contribution in [0.3, 0.4) is 0 Å². The molecular weight excluding hydrogens is 206 g/mol. The number of amides is 1. The van der Waals surface area contributed by atoms with E-state index in [2.05, 4.69) is 19.2 Å². The fraction of sp³-hybridized carbons (Fsp3) is 0.833. The molecule has 1 rings (SSSR count). The van der Waals surface area contributed by atoms with Crippen LogP contribution >= 0.6 is 0 Å². The van der Waals surface area contributed by atoms with Crippen LogP contribution in [0.1, 0.15) is 47.0 Å². The molecule has 0 aromatic heterocycles. The maximum Gasteiger partial charge on any atom is 0.303 e. The number of nitrogens with one attached hydrogen (secondary N) is 1. The number of aliphatic carboxylic acids is 1. The monoisotopic (exact) mass is 227 g/mol. The predicted octanol–water partition coefficient (Wildman–Crippen LogP) is 1.79. The lowest BCUT2D eigenvalue weighted by molar-refractivity contribution is -0.139. The average molecular weight is 227 g/mol. The number of carboxylic acid groups (broad SMARTS) is 1. The van der Waals surface area contributed by atoms with Gasteiger partial charge >= 0.3 is 5.97 Å². The van der Waals surface area contributed by atoms with E-state index in [1.165, 1.54) is 0 Å². The normalized spacial score (nSPS) is 22.6. The lowest BCUT2D eigenvalue weighted by Gasteiger charge is -2.21. The van der Waals surface area contributed by atoms with E-state index in [4.69, 9.17) is 5.11 Å². The molecule has 1 saturated carbocycles. The summed E-state index contributed by atoms with van der Waals surface area (Å²) in [7, 11) is 0. The van der Waals surface area contributed by atoms with Crippen molar-refractivity contribution >= 4 is 11.9 Å². The van der Waals surface area contributed by atoms with Crippen LogP contribution in [0.25, 0.3) is 0 Å². The molecule has 0 radical (unpaired) electrons. The molecule has 1 aliphatic rings. The molecule has 16 heavy (non-hydrogen) atoms. The molecule has 4 heteroatoms. The Bertz CT molecular complexity index is 307. The first kappa shape index (κ1) is 13.0. The van der Waals surface area contributed by atoms with Crippen molar-refractivity contribution in [3.05, 3.63) is 0 Å². The third kappa shape index (κ3) is 3.83. The fourth-order valence-corrected chi connectivity index (χ4v) is 1.87. The van der Waals surface area contributed by atoms with Crippen molar-refractivity contribution < 1.29 is 14.7 Å². The summed E-state index contributed by atoms with van der Waals surface area (Å²) < 4.78 is 0. The van der Waals surface area contributed by atoms with Gasteiger partial charge in [0, 0.05) is 12.5 Å². The van der Waals surface area contributed by atoms with E-state index in [1.807, 2.05) is 0 Å². The zero-order valence-electron chi connectivity index (χ0n) is 10.5. The molecule has 1 fully saturated rings. The quantitative estimate of drug-likeness (QED) is 0.752. The van der Waals surface area contributed by atoms with Gasteiger partial charge in [-0.05, 0) is 17.3 Å². The fourth-order valence-electron chi connectivity index (χ4n) is 1.87. The Morgan fingerprint density at radius 3 is 2.25 bits per heavy atom. The van der Waals surface area contributed by atoms with E-state index >= 15 is 0 Å². The molecule has 92 valence electrons. The van der Waals surface area contributed by atoms with Gasteiger partial charge in [-0.1, -0.05) is 27.7 Å². The van der Waals surface area contributed by atoms with Crippen LogP contribution in [0.15, 0.2) is 0 Å². The van der Waals surface area contributed by atoms with E-state index in [1.54, 1.807) is 13.8 Å². The van der Waals surface area contributed by atoms with Crippen molar-refractivity contribution in [1.29, 1.82) is 0 Å². The van der Waals surface area contributed by atoms with E-state index in [9.17, 15) is 9.59 Å². The van der Waals surface area contributed by atoms with Crippen molar-refractivity contribution in [2.24, 2.45) is 10.8 Å². The molecule has 2 N–H and O–H groups in total. The summed E-state index contributed by atoms with van der Waals surface area (Å²) in [6.45, 7) is 7.83. The maximum atomic E-state index is 11.7. The summed E-state index contributed by atoms with van der Waals surface area (Å²) in [6.07, 6.45) is 1.30. The minimum absolute atomic E-state index is 0.0223. The maximum absolute atomic E-state index is 11.7. The topological polar surface area (TPSA) is 66.4 Å². The van der Waals surface area contributed by atoms with Crippen LogP contribution in [0.5, 0.6) is 0 Å². The number of carbonyl (C=O) groups is 2. The molecule has 0 heterocycles. The molecular formula is C12H21NO3. The predicted molar refractivity (Wildman–Crippen MR) is 61.0 cm³/mol. The van der Waals surface area contributed by atoms with Crippen LogP contribution in [-0.4, -0.2) is 23.0 Å². The Morgan fingerprint density at radius 1 is 1.38 bits per heavy atom. The highest BCUT2D eigenvalue weighted by Gasteiger charge is 2.46. The summed E-state index contributed by atoms with van der Waals surface area (Å²) in [5.41, 5.74) is -0.262. The first-order valence-electron chi connectivity index (χ1n) is 5.64. The second-order valence-electron chi connectivity index (χ2n) is 6.22. The molecule has 1 unspecified atom stereocenters. The van der Waals surface area contributed by atoms with Gasteiger partial charge in [0.05, 0.1) is 6.42 Å². The highest BCUT2D eigenvalue weighted by molar-refractivity contribution is 5.78.